The van der Waals surface area contributed by atoms with Crippen molar-refractivity contribution in [2.75, 3.05) is 12.9 Å². The van der Waals surface area contributed by atoms with Gasteiger partial charge in [0.05, 0.1) is 17.4 Å². The predicted molar refractivity (Wildman–Crippen MR) is 111 cm³/mol. The van der Waals surface area contributed by atoms with Crippen molar-refractivity contribution >= 4 is 16.6 Å². The molecular formula is C22H22FNO6S. The Balaban J connectivity index is 1.77. The van der Waals surface area contributed by atoms with Gasteiger partial charge in [0.2, 0.25) is 5.09 Å². The second-order valence-electron chi connectivity index (χ2n) is 7.11. The molecule has 3 aromatic rings. The predicted octanol–water partition coefficient (Wildman–Crippen LogP) is 2.79. The van der Waals surface area contributed by atoms with E-state index in [2.05, 4.69) is 5.16 Å². The number of aromatic nitrogens is 1. The number of carbonyl (C=O) groups is 1. The first-order valence-electron chi connectivity index (χ1n) is 9.35. The van der Waals surface area contributed by atoms with Crippen LogP contribution in [0.5, 0.6) is 0 Å². The van der Waals surface area contributed by atoms with Crippen molar-refractivity contribution in [3.05, 3.63) is 71.7 Å². The number of aliphatic hydroxyl groups is 2. The van der Waals surface area contributed by atoms with Crippen LogP contribution >= 0.6 is 0 Å². The maximum atomic E-state index is 13.1. The molecule has 7 nitrogen and oxygen atoms in total. The van der Waals surface area contributed by atoms with Gasteiger partial charge in [-0.15, -0.1) is 0 Å². The van der Waals surface area contributed by atoms with Crippen molar-refractivity contribution in [3.8, 4) is 11.1 Å². The topological polar surface area (TPSA) is 110 Å². The molecule has 31 heavy (non-hydrogen) atoms. The largest absolute Gasteiger partial charge is 0.388 e. The molecule has 0 fully saturated rings. The molecule has 1 heterocycles. The average Bonchev–Trinajstić information content (AvgIpc) is 3.28. The summed E-state index contributed by atoms with van der Waals surface area (Å²) in [6, 6.07) is 14.6. The summed E-state index contributed by atoms with van der Waals surface area (Å²) in [5.74, 6) is -1.06. The quantitative estimate of drug-likeness (QED) is 0.519. The number of nitrogens with zero attached hydrogens (tertiary/aromatic N) is 1. The molecule has 9 heteroatoms. The van der Waals surface area contributed by atoms with E-state index in [4.69, 9.17) is 9.26 Å². The summed E-state index contributed by atoms with van der Waals surface area (Å²) in [4.78, 5) is 12.4. The monoisotopic (exact) mass is 447 g/mol. The van der Waals surface area contributed by atoms with Crippen LogP contribution in [0.2, 0.25) is 0 Å². The third-order valence-electron chi connectivity index (χ3n) is 4.96. The van der Waals surface area contributed by atoms with Gasteiger partial charge in [0, 0.05) is 12.3 Å². The van der Waals surface area contributed by atoms with Crippen LogP contribution in [0.3, 0.4) is 0 Å². The summed E-state index contributed by atoms with van der Waals surface area (Å²) in [6.07, 6.45) is -0.160. The van der Waals surface area contributed by atoms with Crippen molar-refractivity contribution in [1.29, 1.82) is 0 Å². The van der Waals surface area contributed by atoms with E-state index in [1.165, 1.54) is 31.4 Å². The summed E-state index contributed by atoms with van der Waals surface area (Å²) in [5, 5.41) is 23.8. The lowest BCUT2D eigenvalue weighted by Crippen LogP contribution is -2.46. The Morgan fingerprint density at radius 2 is 1.77 bits per heavy atom. The lowest BCUT2D eigenvalue weighted by molar-refractivity contribution is -0.166. The van der Waals surface area contributed by atoms with E-state index in [1.54, 1.807) is 24.3 Å². The summed E-state index contributed by atoms with van der Waals surface area (Å²) in [6.45, 7) is 0.468. The standard InChI is InChI=1S/C22H22FNO6S/c1-22(19(26)12-25,21(27)18-11-20(30-24-18)31(2)28)29-13-14-3-5-15(6-4-14)16-7-9-17(23)10-8-16/h3-11,21,25,27H,12-13H2,1-2H3/t21-,22+,31?/m0/s1. The SMILES string of the molecule is CS(=O)c1cc([C@H](O)[C@](C)(OCc2ccc(-c3ccc(F)cc3)cc2)C(=O)CO)no1. The molecule has 1 aromatic heterocycles. The van der Waals surface area contributed by atoms with E-state index in [0.29, 0.717) is 5.56 Å². The fraction of sp³-hybridized carbons (Fsp3) is 0.273. The first-order chi connectivity index (χ1) is 14.7. The lowest BCUT2D eigenvalue weighted by atomic mass is 9.91. The van der Waals surface area contributed by atoms with Gasteiger partial charge < -0.3 is 19.5 Å². The molecular weight excluding hydrogens is 425 g/mol. The van der Waals surface area contributed by atoms with E-state index in [9.17, 15) is 23.6 Å². The van der Waals surface area contributed by atoms with E-state index in [0.717, 1.165) is 11.1 Å². The van der Waals surface area contributed by atoms with Gasteiger partial charge in [-0.1, -0.05) is 41.6 Å². The van der Waals surface area contributed by atoms with Crippen molar-refractivity contribution < 1.29 is 32.9 Å². The molecule has 2 aromatic carbocycles. The average molecular weight is 447 g/mol. The molecule has 0 saturated heterocycles. The zero-order valence-corrected chi connectivity index (χ0v) is 17.8. The van der Waals surface area contributed by atoms with Crippen LogP contribution in [0, 0.1) is 5.82 Å². The van der Waals surface area contributed by atoms with Gasteiger partial charge in [-0.05, 0) is 35.7 Å². The number of hydrogen-bond acceptors (Lipinski definition) is 7. The minimum atomic E-state index is -1.81. The minimum Gasteiger partial charge on any atom is -0.388 e. The van der Waals surface area contributed by atoms with Crippen LogP contribution in [0.15, 0.2) is 64.2 Å². The van der Waals surface area contributed by atoms with E-state index >= 15 is 0 Å². The van der Waals surface area contributed by atoms with E-state index < -0.39 is 34.9 Å². The molecule has 0 amide bonds. The maximum Gasteiger partial charge on any atom is 0.223 e. The number of carbonyl (C=O) groups excluding carboxylic acids is 1. The van der Waals surface area contributed by atoms with Crippen LogP contribution in [0.25, 0.3) is 11.1 Å². The van der Waals surface area contributed by atoms with Crippen LogP contribution in [0.4, 0.5) is 4.39 Å². The molecule has 3 rings (SSSR count). The Hall–Kier alpha value is -2.72. The summed E-state index contributed by atoms with van der Waals surface area (Å²) >= 11 is 0. The minimum absolute atomic E-state index is 0.0267. The van der Waals surface area contributed by atoms with Crippen molar-refractivity contribution in [2.24, 2.45) is 0 Å². The number of benzene rings is 2. The summed E-state index contributed by atoms with van der Waals surface area (Å²) in [7, 11) is -1.45. The third kappa shape index (κ3) is 5.13. The Kier molecular flexibility index (Phi) is 7.11. The number of Topliss-reactive ketones (excluding diaryl/α,β-unsaturated/α-hetero) is 1. The Morgan fingerprint density at radius 1 is 1.19 bits per heavy atom. The van der Waals surface area contributed by atoms with Gasteiger partial charge in [0.15, 0.2) is 11.4 Å². The normalized spacial score (nSPS) is 15.3. The van der Waals surface area contributed by atoms with Crippen LogP contribution in [0.1, 0.15) is 24.3 Å². The molecule has 0 spiro atoms. The Labute approximate surface area is 180 Å². The number of ketones is 1. The number of ether oxygens (including phenoxy) is 1. The van der Waals surface area contributed by atoms with Gasteiger partial charge in [-0.2, -0.15) is 0 Å². The highest BCUT2D eigenvalue weighted by Gasteiger charge is 2.43. The van der Waals surface area contributed by atoms with Crippen molar-refractivity contribution in [1.82, 2.24) is 5.16 Å². The number of halogens is 1. The molecule has 0 aliphatic heterocycles. The second kappa shape index (κ2) is 9.61. The molecule has 0 radical (unpaired) electrons. The smallest absolute Gasteiger partial charge is 0.223 e. The second-order valence-corrected chi connectivity index (χ2v) is 8.42. The fourth-order valence-electron chi connectivity index (χ4n) is 2.96. The van der Waals surface area contributed by atoms with Crippen LogP contribution in [-0.4, -0.2) is 43.8 Å². The highest BCUT2D eigenvalue weighted by atomic mass is 32.2. The molecule has 1 unspecified atom stereocenters. The van der Waals surface area contributed by atoms with E-state index in [-0.39, 0.29) is 23.2 Å². The molecule has 0 aliphatic carbocycles. The zero-order valence-electron chi connectivity index (χ0n) is 16.9. The lowest BCUT2D eigenvalue weighted by Gasteiger charge is -2.31. The number of rotatable bonds is 9. The van der Waals surface area contributed by atoms with Gasteiger partial charge in [-0.25, -0.2) is 4.39 Å². The van der Waals surface area contributed by atoms with Gasteiger partial charge in [0.1, 0.15) is 24.2 Å². The third-order valence-corrected chi connectivity index (χ3v) is 5.72. The molecule has 3 atom stereocenters. The van der Waals surface area contributed by atoms with Gasteiger partial charge in [0.25, 0.3) is 0 Å². The zero-order chi connectivity index (χ0) is 22.6. The maximum absolute atomic E-state index is 13.1. The Bertz CT molecular complexity index is 1070. The van der Waals surface area contributed by atoms with Gasteiger partial charge in [-0.3, -0.25) is 9.00 Å². The molecule has 0 aliphatic rings. The molecule has 164 valence electrons. The fourth-order valence-corrected chi connectivity index (χ4v) is 3.38. The number of aliphatic hydroxyl groups excluding tert-OH is 2. The van der Waals surface area contributed by atoms with Gasteiger partial charge >= 0.3 is 0 Å². The van der Waals surface area contributed by atoms with E-state index in [1.807, 2.05) is 12.1 Å². The van der Waals surface area contributed by atoms with Crippen LogP contribution < -0.4 is 0 Å². The summed E-state index contributed by atoms with van der Waals surface area (Å²) in [5.41, 5.74) is 0.598. The van der Waals surface area contributed by atoms with Crippen LogP contribution in [-0.2, 0) is 26.9 Å². The first-order valence-corrected chi connectivity index (χ1v) is 10.9. The van der Waals surface area contributed by atoms with Crippen molar-refractivity contribution in [2.45, 2.75) is 30.3 Å². The molecule has 2 N–H and O–H groups in total. The summed E-state index contributed by atoms with van der Waals surface area (Å²) < 4.78 is 35.3. The first kappa shape index (κ1) is 23.0. The molecule has 0 bridgehead atoms. The Morgan fingerprint density at radius 3 is 2.29 bits per heavy atom. The highest BCUT2D eigenvalue weighted by molar-refractivity contribution is 7.84. The van der Waals surface area contributed by atoms with Crippen molar-refractivity contribution in [3.63, 3.8) is 0 Å². The number of hydrogen-bond donors (Lipinski definition) is 2. The highest BCUT2D eigenvalue weighted by Crippen LogP contribution is 2.32. The molecule has 0 saturated carbocycles.